The topological polar surface area (TPSA) is 64.1 Å². The number of para-hydroxylation sites is 1. The van der Waals surface area contributed by atoms with Crippen LogP contribution in [0.3, 0.4) is 0 Å². The molecular weight excluding hydrogens is 471 g/mol. The molecule has 3 aromatic rings. The first kappa shape index (κ1) is 23.6. The number of rotatable bonds is 4. The quantitative estimate of drug-likeness (QED) is 0.450. The van der Waals surface area contributed by atoms with Crippen molar-refractivity contribution in [3.05, 3.63) is 82.9 Å². The number of benzene rings is 3. The maximum Gasteiger partial charge on any atom is 0.416 e. The summed E-state index contributed by atoms with van der Waals surface area (Å²) < 4.78 is 40.7. The molecule has 1 aliphatic heterocycles. The van der Waals surface area contributed by atoms with Gasteiger partial charge in [0.05, 0.1) is 34.9 Å². The summed E-state index contributed by atoms with van der Waals surface area (Å²) in [6, 6.07) is 13.7. The molecule has 10 heteroatoms. The molecule has 0 radical (unpaired) electrons. The average Bonchev–Trinajstić information content (AvgIpc) is 2.90. The standard InChI is InChI=1S/C24H19ClF3N3O3/c1-2-29-20-11-8-16(24(26,27)28)13-21(20)30(17-6-4-3-5-7-17)23(34)31(22(29)33)18-9-10-19(25)15(12-18)14-32/h3-13,32H,2,14H2,1H3. The molecule has 0 aromatic heterocycles. The van der Waals surface area contributed by atoms with E-state index in [1.165, 1.54) is 29.2 Å². The van der Waals surface area contributed by atoms with E-state index in [4.69, 9.17) is 11.6 Å². The van der Waals surface area contributed by atoms with Crippen molar-refractivity contribution in [2.45, 2.75) is 19.7 Å². The number of fused-ring (bicyclic) bond motifs is 1. The fraction of sp³-hybridized carbons (Fsp3) is 0.167. The number of hydrogen-bond donors (Lipinski definition) is 1. The Labute approximate surface area is 198 Å². The maximum absolute atomic E-state index is 13.9. The molecule has 1 heterocycles. The number of carbonyl (C=O) groups is 2. The molecule has 1 aliphatic rings. The van der Waals surface area contributed by atoms with E-state index in [1.54, 1.807) is 37.3 Å². The zero-order chi connectivity index (χ0) is 24.6. The molecule has 4 amide bonds. The lowest BCUT2D eigenvalue weighted by Gasteiger charge is -2.27. The normalized spacial score (nSPS) is 14.4. The molecule has 3 aromatic carbocycles. The van der Waals surface area contributed by atoms with Gasteiger partial charge in [-0.15, -0.1) is 0 Å². The van der Waals surface area contributed by atoms with E-state index in [0.717, 1.165) is 21.9 Å². The van der Waals surface area contributed by atoms with Crippen molar-refractivity contribution in [1.82, 2.24) is 0 Å². The van der Waals surface area contributed by atoms with Crippen molar-refractivity contribution in [2.75, 3.05) is 21.2 Å². The first-order valence-electron chi connectivity index (χ1n) is 10.3. The van der Waals surface area contributed by atoms with Crippen LogP contribution in [-0.4, -0.2) is 23.7 Å². The van der Waals surface area contributed by atoms with Crippen molar-refractivity contribution in [1.29, 1.82) is 0 Å². The number of aliphatic hydroxyl groups is 1. The van der Waals surface area contributed by atoms with Crippen LogP contribution in [0.25, 0.3) is 0 Å². The summed E-state index contributed by atoms with van der Waals surface area (Å²) in [5.74, 6) is 0. The van der Waals surface area contributed by atoms with E-state index in [1.807, 2.05) is 0 Å². The Morgan fingerprint density at radius 3 is 2.18 bits per heavy atom. The first-order chi connectivity index (χ1) is 16.2. The second-order valence-corrected chi connectivity index (χ2v) is 7.86. The molecule has 34 heavy (non-hydrogen) atoms. The summed E-state index contributed by atoms with van der Waals surface area (Å²) in [6.07, 6.45) is -4.65. The lowest BCUT2D eigenvalue weighted by atomic mass is 10.1. The number of aliphatic hydroxyl groups excluding tert-OH is 1. The summed E-state index contributed by atoms with van der Waals surface area (Å²) in [7, 11) is 0. The molecule has 0 saturated heterocycles. The Balaban J connectivity index is 1.99. The van der Waals surface area contributed by atoms with Crippen LogP contribution in [0.5, 0.6) is 0 Å². The molecular formula is C24H19ClF3N3O3. The largest absolute Gasteiger partial charge is 0.416 e. The smallest absolute Gasteiger partial charge is 0.392 e. The number of carbonyl (C=O) groups excluding carboxylic acids is 2. The predicted molar refractivity (Wildman–Crippen MR) is 124 cm³/mol. The van der Waals surface area contributed by atoms with Gasteiger partial charge in [0.15, 0.2) is 0 Å². The van der Waals surface area contributed by atoms with Gasteiger partial charge in [-0.2, -0.15) is 13.2 Å². The third-order valence-corrected chi connectivity index (χ3v) is 5.80. The first-order valence-corrected chi connectivity index (χ1v) is 10.7. The summed E-state index contributed by atoms with van der Waals surface area (Å²) >= 11 is 6.08. The molecule has 0 atom stereocenters. The number of hydrogen-bond acceptors (Lipinski definition) is 3. The monoisotopic (exact) mass is 489 g/mol. The van der Waals surface area contributed by atoms with Crippen LogP contribution in [0.1, 0.15) is 18.1 Å². The molecule has 0 fully saturated rings. The third kappa shape index (κ3) is 4.08. The number of nitrogens with zero attached hydrogens (tertiary/aromatic N) is 3. The zero-order valence-corrected chi connectivity index (χ0v) is 18.6. The Kier molecular flexibility index (Phi) is 6.24. The van der Waals surface area contributed by atoms with E-state index >= 15 is 0 Å². The highest BCUT2D eigenvalue weighted by Gasteiger charge is 2.41. The van der Waals surface area contributed by atoms with E-state index in [-0.39, 0.29) is 39.9 Å². The molecule has 4 rings (SSSR count). The van der Waals surface area contributed by atoms with Gasteiger partial charge in [0.1, 0.15) is 0 Å². The summed E-state index contributed by atoms with van der Waals surface area (Å²) in [5.41, 5.74) is -0.204. The second-order valence-electron chi connectivity index (χ2n) is 7.45. The zero-order valence-electron chi connectivity index (χ0n) is 17.9. The molecule has 0 spiro atoms. The number of anilines is 4. The molecule has 0 aliphatic carbocycles. The Bertz CT molecular complexity index is 1250. The minimum atomic E-state index is -4.65. The van der Waals surface area contributed by atoms with Gasteiger partial charge in [-0.3, -0.25) is 9.80 Å². The second kappa shape index (κ2) is 9.00. The number of amides is 4. The highest BCUT2D eigenvalue weighted by atomic mass is 35.5. The summed E-state index contributed by atoms with van der Waals surface area (Å²) in [6.45, 7) is 1.31. The SMILES string of the molecule is CCN1C(=O)N(c2ccc(Cl)c(CO)c2)C(=O)N(c2ccccc2)c2cc(C(F)(F)F)ccc21. The van der Waals surface area contributed by atoms with Crippen molar-refractivity contribution in [3.63, 3.8) is 0 Å². The highest BCUT2D eigenvalue weighted by molar-refractivity contribution is 6.32. The number of imide groups is 1. The third-order valence-electron chi connectivity index (χ3n) is 5.43. The van der Waals surface area contributed by atoms with Gasteiger partial charge in [0, 0.05) is 11.6 Å². The van der Waals surface area contributed by atoms with Crippen LogP contribution in [0.2, 0.25) is 5.02 Å². The van der Waals surface area contributed by atoms with Crippen LogP contribution in [0.15, 0.2) is 66.7 Å². The van der Waals surface area contributed by atoms with Gasteiger partial charge in [-0.1, -0.05) is 29.8 Å². The van der Waals surface area contributed by atoms with Crippen molar-refractivity contribution in [2.24, 2.45) is 0 Å². The van der Waals surface area contributed by atoms with E-state index < -0.39 is 30.4 Å². The fourth-order valence-electron chi connectivity index (χ4n) is 3.79. The number of urea groups is 2. The van der Waals surface area contributed by atoms with E-state index in [2.05, 4.69) is 0 Å². The van der Waals surface area contributed by atoms with Gasteiger partial charge >= 0.3 is 18.2 Å². The van der Waals surface area contributed by atoms with Gasteiger partial charge in [-0.05, 0) is 61.0 Å². The van der Waals surface area contributed by atoms with Crippen LogP contribution >= 0.6 is 11.6 Å². The number of alkyl halides is 3. The minimum absolute atomic E-state index is 0.0833. The highest BCUT2D eigenvalue weighted by Crippen LogP contribution is 2.43. The Hall–Kier alpha value is -3.56. The molecule has 0 saturated carbocycles. The fourth-order valence-corrected chi connectivity index (χ4v) is 3.97. The van der Waals surface area contributed by atoms with Gasteiger partial charge in [-0.25, -0.2) is 14.5 Å². The van der Waals surface area contributed by atoms with Crippen LogP contribution in [0, 0.1) is 0 Å². The minimum Gasteiger partial charge on any atom is -0.392 e. The molecule has 6 nitrogen and oxygen atoms in total. The Morgan fingerprint density at radius 1 is 0.853 bits per heavy atom. The maximum atomic E-state index is 13.9. The molecule has 0 bridgehead atoms. The van der Waals surface area contributed by atoms with Crippen molar-refractivity contribution < 1.29 is 27.9 Å². The molecule has 176 valence electrons. The van der Waals surface area contributed by atoms with Gasteiger partial charge in [0.25, 0.3) is 0 Å². The summed E-state index contributed by atoms with van der Waals surface area (Å²) in [5, 5.41) is 9.85. The summed E-state index contributed by atoms with van der Waals surface area (Å²) in [4.78, 5) is 30.6. The van der Waals surface area contributed by atoms with Crippen molar-refractivity contribution >= 4 is 46.4 Å². The van der Waals surface area contributed by atoms with Gasteiger partial charge < -0.3 is 5.11 Å². The Morgan fingerprint density at radius 2 is 1.56 bits per heavy atom. The average molecular weight is 490 g/mol. The van der Waals surface area contributed by atoms with Crippen LogP contribution in [-0.2, 0) is 12.8 Å². The van der Waals surface area contributed by atoms with Crippen LogP contribution in [0.4, 0.5) is 45.5 Å². The van der Waals surface area contributed by atoms with Crippen LogP contribution < -0.4 is 14.7 Å². The molecule has 0 unspecified atom stereocenters. The van der Waals surface area contributed by atoms with E-state index in [9.17, 15) is 27.9 Å². The predicted octanol–water partition coefficient (Wildman–Crippen LogP) is 6.58. The number of halogens is 4. The van der Waals surface area contributed by atoms with Gasteiger partial charge in [0.2, 0.25) is 0 Å². The lowest BCUT2D eigenvalue weighted by molar-refractivity contribution is -0.137. The van der Waals surface area contributed by atoms with Crippen molar-refractivity contribution in [3.8, 4) is 0 Å². The lowest BCUT2D eigenvalue weighted by Crippen LogP contribution is -2.48. The molecule has 1 N–H and O–H groups in total. The van der Waals surface area contributed by atoms with E-state index in [0.29, 0.717) is 0 Å².